The van der Waals surface area contributed by atoms with Crippen LogP contribution in [0.1, 0.15) is 6.92 Å². The van der Waals surface area contributed by atoms with E-state index in [1.807, 2.05) is 6.92 Å². The zero-order chi connectivity index (χ0) is 8.27. The molecule has 0 atom stereocenters. The molecule has 0 spiro atoms. The lowest BCUT2D eigenvalue weighted by Crippen LogP contribution is -1.86. The van der Waals surface area contributed by atoms with Crippen LogP contribution in [0.25, 0.3) is 0 Å². The first-order chi connectivity index (χ1) is 5.24. The average Bonchev–Trinajstić information content (AvgIpc) is 2.37. The highest BCUT2D eigenvalue weighted by Gasteiger charge is 2.00. The van der Waals surface area contributed by atoms with Crippen LogP contribution < -0.4 is 5.73 Å². The van der Waals surface area contributed by atoms with E-state index in [-0.39, 0.29) is 0 Å². The quantitative estimate of drug-likeness (QED) is 0.679. The molecule has 0 aliphatic rings. The Kier molecular flexibility index (Phi) is 2.32. The zero-order valence-corrected chi connectivity index (χ0v) is 6.93. The van der Waals surface area contributed by atoms with E-state index in [2.05, 4.69) is 20.3 Å². The minimum atomic E-state index is 0.371. The maximum Gasteiger partial charge on any atom is 0.210 e. The normalized spacial score (nSPS) is 11.5. The number of nitrogens with two attached hydrogens (primary N) is 1. The Hall–Kier alpha value is -1.23. The second-order valence-electron chi connectivity index (χ2n) is 1.93. The van der Waals surface area contributed by atoms with Gasteiger partial charge < -0.3 is 5.73 Å². The summed E-state index contributed by atoms with van der Waals surface area (Å²) in [7, 11) is 0. The molecule has 1 heterocycles. The monoisotopic (exact) mass is 168 g/mol. The highest BCUT2D eigenvalue weighted by Crippen LogP contribution is 2.17. The van der Waals surface area contributed by atoms with Crippen LogP contribution in [-0.2, 0) is 0 Å². The van der Waals surface area contributed by atoms with Gasteiger partial charge in [-0.25, -0.2) is 4.99 Å². The first-order valence-corrected chi connectivity index (χ1v) is 3.73. The van der Waals surface area contributed by atoms with Crippen molar-refractivity contribution in [3.63, 3.8) is 0 Å². The first-order valence-electron chi connectivity index (χ1n) is 3.00. The topological polar surface area (TPSA) is 64.2 Å². The Morgan fingerprint density at radius 2 is 2.45 bits per heavy atom. The van der Waals surface area contributed by atoms with Crippen LogP contribution in [0.2, 0.25) is 0 Å². The van der Waals surface area contributed by atoms with Gasteiger partial charge in [-0.1, -0.05) is 6.58 Å². The van der Waals surface area contributed by atoms with Gasteiger partial charge in [-0.2, -0.15) is 8.75 Å². The molecule has 11 heavy (non-hydrogen) atoms. The summed E-state index contributed by atoms with van der Waals surface area (Å²) in [5.41, 5.74) is 6.22. The van der Waals surface area contributed by atoms with Crippen molar-refractivity contribution < 1.29 is 0 Å². The number of allylic oxidation sites excluding steroid dienone is 1. The van der Waals surface area contributed by atoms with Gasteiger partial charge in [0.15, 0.2) is 5.82 Å². The molecule has 58 valence electrons. The number of aliphatic imine (C=N–C) groups is 1. The molecule has 0 aliphatic carbocycles. The second-order valence-corrected chi connectivity index (χ2v) is 2.46. The van der Waals surface area contributed by atoms with Crippen LogP contribution in [0.5, 0.6) is 0 Å². The number of nitrogen functional groups attached to an aromatic ring is 1. The average molecular weight is 168 g/mol. The van der Waals surface area contributed by atoms with E-state index in [1.165, 1.54) is 0 Å². The van der Waals surface area contributed by atoms with Crippen molar-refractivity contribution in [3.05, 3.63) is 12.7 Å². The summed E-state index contributed by atoms with van der Waals surface area (Å²) in [6.07, 6.45) is 1.64. The summed E-state index contributed by atoms with van der Waals surface area (Å²) in [6.45, 7) is 5.38. The molecular weight excluding hydrogens is 160 g/mol. The van der Waals surface area contributed by atoms with Crippen molar-refractivity contribution in [2.75, 3.05) is 5.73 Å². The van der Waals surface area contributed by atoms with Crippen molar-refractivity contribution in [2.24, 2.45) is 4.99 Å². The van der Waals surface area contributed by atoms with E-state index >= 15 is 0 Å². The molecule has 4 nitrogen and oxygen atoms in total. The molecule has 0 bridgehead atoms. The second kappa shape index (κ2) is 3.25. The molecule has 0 amide bonds. The highest BCUT2D eigenvalue weighted by atomic mass is 32.1. The molecule has 0 aliphatic heterocycles. The van der Waals surface area contributed by atoms with Crippen molar-refractivity contribution >= 4 is 29.1 Å². The van der Waals surface area contributed by atoms with E-state index in [4.69, 9.17) is 5.73 Å². The van der Waals surface area contributed by atoms with E-state index in [0.717, 1.165) is 17.4 Å². The molecule has 0 radical (unpaired) electrons. The lowest BCUT2D eigenvalue weighted by atomic mass is 10.4. The SMILES string of the molecule is C=CC(C)=Nc1nsnc1N. The summed E-state index contributed by atoms with van der Waals surface area (Å²) < 4.78 is 7.64. The molecule has 0 fully saturated rings. The van der Waals surface area contributed by atoms with Gasteiger partial charge in [-0.05, 0) is 13.0 Å². The smallest absolute Gasteiger partial charge is 0.210 e. The lowest BCUT2D eigenvalue weighted by Gasteiger charge is -1.88. The molecule has 0 saturated carbocycles. The van der Waals surface area contributed by atoms with Gasteiger partial charge >= 0.3 is 0 Å². The van der Waals surface area contributed by atoms with Crippen LogP contribution >= 0.6 is 11.7 Å². The summed E-state index contributed by atoms with van der Waals surface area (Å²) in [4.78, 5) is 4.05. The van der Waals surface area contributed by atoms with Gasteiger partial charge in [0, 0.05) is 5.71 Å². The van der Waals surface area contributed by atoms with Crippen molar-refractivity contribution in [2.45, 2.75) is 6.92 Å². The van der Waals surface area contributed by atoms with Crippen LogP contribution in [0.4, 0.5) is 11.6 Å². The Balaban J connectivity index is 2.94. The molecule has 1 aromatic rings. The zero-order valence-electron chi connectivity index (χ0n) is 6.11. The van der Waals surface area contributed by atoms with E-state index in [0.29, 0.717) is 11.6 Å². The standard InChI is InChI=1S/C6H8N4S/c1-3-4(2)8-6-5(7)9-11-10-6/h3H,1H2,2H3,(H2,7,9). The Bertz CT molecular complexity index is 289. The number of anilines is 1. The molecule has 5 heteroatoms. The Labute approximate surface area is 68.8 Å². The Morgan fingerprint density at radius 1 is 1.73 bits per heavy atom. The molecule has 1 aromatic heterocycles. The minimum absolute atomic E-state index is 0.371. The van der Waals surface area contributed by atoms with E-state index in [1.54, 1.807) is 6.08 Å². The largest absolute Gasteiger partial charge is 0.380 e. The fraction of sp³-hybridized carbons (Fsp3) is 0.167. The number of hydrogen-bond donors (Lipinski definition) is 1. The van der Waals surface area contributed by atoms with Gasteiger partial charge in [0.05, 0.1) is 11.7 Å². The van der Waals surface area contributed by atoms with Gasteiger partial charge in [-0.15, -0.1) is 0 Å². The summed E-state index contributed by atoms with van der Waals surface area (Å²) >= 11 is 1.05. The van der Waals surface area contributed by atoms with Crippen molar-refractivity contribution in [3.8, 4) is 0 Å². The van der Waals surface area contributed by atoms with E-state index < -0.39 is 0 Å². The maximum atomic E-state index is 5.44. The molecular formula is C6H8N4S. The number of aromatic nitrogens is 2. The van der Waals surface area contributed by atoms with Gasteiger partial charge in [0.25, 0.3) is 0 Å². The van der Waals surface area contributed by atoms with Crippen molar-refractivity contribution in [1.29, 1.82) is 0 Å². The molecule has 0 unspecified atom stereocenters. The molecule has 1 rings (SSSR count). The third-order valence-corrected chi connectivity index (χ3v) is 1.61. The Morgan fingerprint density at radius 3 is 2.91 bits per heavy atom. The summed E-state index contributed by atoms with van der Waals surface area (Å²) in [5, 5.41) is 0. The number of rotatable bonds is 2. The predicted molar refractivity (Wildman–Crippen MR) is 47.3 cm³/mol. The van der Waals surface area contributed by atoms with Crippen molar-refractivity contribution in [1.82, 2.24) is 8.75 Å². The van der Waals surface area contributed by atoms with Crippen LogP contribution in [0.15, 0.2) is 17.6 Å². The van der Waals surface area contributed by atoms with E-state index in [9.17, 15) is 0 Å². The van der Waals surface area contributed by atoms with Crippen LogP contribution in [0.3, 0.4) is 0 Å². The highest BCUT2D eigenvalue weighted by molar-refractivity contribution is 6.99. The predicted octanol–water partition coefficient (Wildman–Crippen LogP) is 1.40. The van der Waals surface area contributed by atoms with Gasteiger partial charge in [0.1, 0.15) is 0 Å². The maximum absolute atomic E-state index is 5.44. The summed E-state index contributed by atoms with van der Waals surface area (Å²) in [5.74, 6) is 0.851. The van der Waals surface area contributed by atoms with Gasteiger partial charge in [0.2, 0.25) is 5.82 Å². The van der Waals surface area contributed by atoms with Crippen LogP contribution in [0, 0.1) is 0 Å². The summed E-state index contributed by atoms with van der Waals surface area (Å²) in [6, 6.07) is 0. The first kappa shape index (κ1) is 7.87. The number of hydrogen-bond acceptors (Lipinski definition) is 5. The third kappa shape index (κ3) is 1.84. The molecule has 2 N–H and O–H groups in total. The fourth-order valence-corrected chi connectivity index (χ4v) is 0.903. The molecule has 0 aromatic carbocycles. The number of nitrogens with zero attached hydrogens (tertiary/aromatic N) is 3. The molecule has 0 saturated heterocycles. The fourth-order valence-electron chi connectivity index (χ4n) is 0.481. The minimum Gasteiger partial charge on any atom is -0.380 e. The third-order valence-electron chi connectivity index (χ3n) is 1.07. The van der Waals surface area contributed by atoms with Crippen LogP contribution in [-0.4, -0.2) is 14.5 Å². The van der Waals surface area contributed by atoms with Gasteiger partial charge in [-0.3, -0.25) is 0 Å². The lowest BCUT2D eigenvalue weighted by molar-refractivity contribution is 1.40.